The largest absolute Gasteiger partial charge is 0.317 e. The number of halogens is 2. The van der Waals surface area contributed by atoms with Crippen molar-refractivity contribution in [3.8, 4) is 0 Å². The second-order valence-electron chi connectivity index (χ2n) is 6.43. The molecule has 0 saturated heterocycles. The molecule has 0 aliphatic heterocycles. The molecule has 1 rings (SSSR count). The van der Waals surface area contributed by atoms with Gasteiger partial charge in [-0.3, -0.25) is 0 Å². The van der Waals surface area contributed by atoms with E-state index in [-0.39, 0.29) is 5.82 Å². The Labute approximate surface area is 125 Å². The number of likely N-dealkylation sites (N-methyl/N-ethyl adjacent to an activating group) is 1. The van der Waals surface area contributed by atoms with E-state index in [0.717, 1.165) is 22.9 Å². The second-order valence-corrected chi connectivity index (χ2v) is 7.28. The van der Waals surface area contributed by atoms with E-state index in [9.17, 15) is 4.39 Å². The first kappa shape index (κ1) is 16.6. The van der Waals surface area contributed by atoms with E-state index in [1.54, 1.807) is 12.1 Å². The predicted molar refractivity (Wildman–Crippen MR) is 83.9 cm³/mol. The Morgan fingerprint density at radius 3 is 2.47 bits per heavy atom. The van der Waals surface area contributed by atoms with E-state index in [1.165, 1.54) is 6.07 Å². The highest BCUT2D eigenvalue weighted by atomic mass is 79.9. The minimum Gasteiger partial charge on any atom is -0.317 e. The van der Waals surface area contributed by atoms with Gasteiger partial charge in [-0.25, -0.2) is 4.39 Å². The van der Waals surface area contributed by atoms with Gasteiger partial charge in [-0.1, -0.05) is 43.6 Å². The summed E-state index contributed by atoms with van der Waals surface area (Å²) in [6.45, 7) is 9.08. The van der Waals surface area contributed by atoms with Crippen LogP contribution in [-0.2, 0) is 6.42 Å². The standard InChI is InChI=1S/C16H25BrFN/c1-11(16(2,3)4)8-14(19-5)10-12-9-13(18)6-7-15(12)17/h6-7,9,11,14,19H,8,10H2,1-5H3. The summed E-state index contributed by atoms with van der Waals surface area (Å²) < 4.78 is 14.3. The maximum atomic E-state index is 13.3. The second kappa shape index (κ2) is 6.85. The van der Waals surface area contributed by atoms with Crippen LogP contribution < -0.4 is 5.32 Å². The fourth-order valence-corrected chi connectivity index (χ4v) is 2.46. The van der Waals surface area contributed by atoms with Crippen LogP contribution in [0.15, 0.2) is 22.7 Å². The molecule has 108 valence electrons. The van der Waals surface area contributed by atoms with Gasteiger partial charge >= 0.3 is 0 Å². The van der Waals surface area contributed by atoms with E-state index in [1.807, 2.05) is 7.05 Å². The molecule has 1 N–H and O–H groups in total. The highest BCUT2D eigenvalue weighted by molar-refractivity contribution is 9.10. The van der Waals surface area contributed by atoms with E-state index in [2.05, 4.69) is 48.9 Å². The molecule has 0 fully saturated rings. The molecule has 1 nitrogen and oxygen atoms in total. The molecule has 2 unspecified atom stereocenters. The summed E-state index contributed by atoms with van der Waals surface area (Å²) in [6, 6.07) is 5.26. The smallest absolute Gasteiger partial charge is 0.123 e. The highest BCUT2D eigenvalue weighted by Crippen LogP contribution is 2.30. The fourth-order valence-electron chi connectivity index (χ4n) is 2.05. The van der Waals surface area contributed by atoms with Gasteiger partial charge in [0.05, 0.1) is 0 Å². The van der Waals surface area contributed by atoms with Gasteiger partial charge in [-0.05, 0) is 55.0 Å². The molecular weight excluding hydrogens is 305 g/mol. The van der Waals surface area contributed by atoms with Crippen molar-refractivity contribution in [1.29, 1.82) is 0 Å². The number of hydrogen-bond acceptors (Lipinski definition) is 1. The summed E-state index contributed by atoms with van der Waals surface area (Å²) in [7, 11) is 1.98. The normalized spacial score (nSPS) is 15.3. The zero-order valence-corrected chi connectivity index (χ0v) is 14.1. The molecule has 19 heavy (non-hydrogen) atoms. The molecule has 0 amide bonds. The predicted octanol–water partition coefficient (Wildman–Crippen LogP) is 4.79. The molecule has 0 bridgehead atoms. The van der Waals surface area contributed by atoms with Crippen molar-refractivity contribution in [3.63, 3.8) is 0 Å². The van der Waals surface area contributed by atoms with Gasteiger partial charge in [0.2, 0.25) is 0 Å². The number of hydrogen-bond donors (Lipinski definition) is 1. The van der Waals surface area contributed by atoms with Crippen molar-refractivity contribution in [1.82, 2.24) is 5.32 Å². The average molecular weight is 330 g/mol. The first-order valence-electron chi connectivity index (χ1n) is 6.85. The zero-order chi connectivity index (χ0) is 14.6. The average Bonchev–Trinajstić information content (AvgIpc) is 2.31. The Kier molecular flexibility index (Phi) is 6.00. The van der Waals surface area contributed by atoms with E-state index >= 15 is 0 Å². The van der Waals surface area contributed by atoms with Crippen LogP contribution in [0.25, 0.3) is 0 Å². The molecule has 2 atom stereocenters. The molecule has 0 saturated carbocycles. The molecule has 0 heterocycles. The first-order valence-corrected chi connectivity index (χ1v) is 7.64. The molecular formula is C16H25BrFN. The lowest BCUT2D eigenvalue weighted by Gasteiger charge is -2.31. The highest BCUT2D eigenvalue weighted by Gasteiger charge is 2.23. The van der Waals surface area contributed by atoms with Crippen LogP contribution in [-0.4, -0.2) is 13.1 Å². The Hall–Kier alpha value is -0.410. The molecule has 0 aromatic heterocycles. The van der Waals surface area contributed by atoms with Crippen LogP contribution in [0.5, 0.6) is 0 Å². The minimum absolute atomic E-state index is 0.170. The van der Waals surface area contributed by atoms with Crippen LogP contribution in [0.2, 0.25) is 0 Å². The van der Waals surface area contributed by atoms with Gasteiger partial charge in [0.1, 0.15) is 5.82 Å². The van der Waals surface area contributed by atoms with Crippen molar-refractivity contribution in [2.75, 3.05) is 7.05 Å². The Morgan fingerprint density at radius 1 is 1.32 bits per heavy atom. The Balaban J connectivity index is 2.74. The molecule has 0 aliphatic carbocycles. The van der Waals surface area contributed by atoms with Gasteiger partial charge in [0.25, 0.3) is 0 Å². The number of rotatable bonds is 5. The van der Waals surface area contributed by atoms with Crippen LogP contribution in [0.1, 0.15) is 39.7 Å². The molecule has 1 aromatic rings. The van der Waals surface area contributed by atoms with Crippen LogP contribution in [0.3, 0.4) is 0 Å². The van der Waals surface area contributed by atoms with Crippen molar-refractivity contribution in [2.24, 2.45) is 11.3 Å². The lowest BCUT2D eigenvalue weighted by Crippen LogP contribution is -2.33. The van der Waals surface area contributed by atoms with Gasteiger partial charge in [0, 0.05) is 10.5 Å². The van der Waals surface area contributed by atoms with Gasteiger partial charge in [-0.2, -0.15) is 0 Å². The van der Waals surface area contributed by atoms with Crippen molar-refractivity contribution < 1.29 is 4.39 Å². The van der Waals surface area contributed by atoms with Crippen molar-refractivity contribution in [2.45, 2.75) is 46.6 Å². The monoisotopic (exact) mass is 329 g/mol. The summed E-state index contributed by atoms with van der Waals surface area (Å²) in [5.74, 6) is 0.439. The van der Waals surface area contributed by atoms with E-state index < -0.39 is 0 Å². The summed E-state index contributed by atoms with van der Waals surface area (Å²) in [4.78, 5) is 0. The Morgan fingerprint density at radius 2 is 1.95 bits per heavy atom. The third-order valence-electron chi connectivity index (χ3n) is 4.00. The molecule has 0 spiro atoms. The lowest BCUT2D eigenvalue weighted by atomic mass is 9.78. The quantitative estimate of drug-likeness (QED) is 0.818. The molecule has 0 radical (unpaired) electrons. The van der Waals surface area contributed by atoms with E-state index in [0.29, 0.717) is 17.4 Å². The minimum atomic E-state index is -0.170. The summed E-state index contributed by atoms with van der Waals surface area (Å²) in [5, 5.41) is 3.36. The van der Waals surface area contributed by atoms with Gasteiger partial charge in [-0.15, -0.1) is 0 Å². The molecule has 1 aromatic carbocycles. The van der Waals surface area contributed by atoms with Crippen molar-refractivity contribution >= 4 is 15.9 Å². The van der Waals surface area contributed by atoms with Gasteiger partial charge < -0.3 is 5.32 Å². The van der Waals surface area contributed by atoms with E-state index in [4.69, 9.17) is 0 Å². The van der Waals surface area contributed by atoms with Crippen molar-refractivity contribution in [3.05, 3.63) is 34.1 Å². The van der Waals surface area contributed by atoms with Crippen LogP contribution in [0.4, 0.5) is 4.39 Å². The van der Waals surface area contributed by atoms with Crippen LogP contribution >= 0.6 is 15.9 Å². The lowest BCUT2D eigenvalue weighted by molar-refractivity contribution is 0.225. The third-order valence-corrected chi connectivity index (χ3v) is 4.77. The maximum absolute atomic E-state index is 13.3. The number of nitrogens with one attached hydrogen (secondary N) is 1. The summed E-state index contributed by atoms with van der Waals surface area (Å²) in [6.07, 6.45) is 1.93. The fraction of sp³-hybridized carbons (Fsp3) is 0.625. The summed E-state index contributed by atoms with van der Waals surface area (Å²) in [5.41, 5.74) is 1.33. The summed E-state index contributed by atoms with van der Waals surface area (Å²) >= 11 is 3.50. The first-order chi connectivity index (χ1) is 8.74. The van der Waals surface area contributed by atoms with Gasteiger partial charge in [0.15, 0.2) is 0 Å². The maximum Gasteiger partial charge on any atom is 0.123 e. The molecule has 3 heteroatoms. The van der Waals surface area contributed by atoms with Crippen LogP contribution in [0, 0.1) is 17.2 Å². The SMILES string of the molecule is CNC(Cc1cc(F)ccc1Br)CC(C)C(C)(C)C. The molecule has 0 aliphatic rings. The zero-order valence-electron chi connectivity index (χ0n) is 12.6. The third kappa shape index (κ3) is 5.23. The topological polar surface area (TPSA) is 12.0 Å². The Bertz CT molecular complexity index is 412. The number of benzene rings is 1.